The molecule has 0 spiro atoms. The summed E-state index contributed by atoms with van der Waals surface area (Å²) in [4.78, 5) is 22.2. The van der Waals surface area contributed by atoms with Gasteiger partial charge in [0.2, 0.25) is 0 Å². The van der Waals surface area contributed by atoms with Crippen molar-refractivity contribution in [1.82, 2.24) is 15.1 Å². The summed E-state index contributed by atoms with van der Waals surface area (Å²) in [6, 6.07) is -0.406. The lowest BCUT2D eigenvalue weighted by atomic mass is 10.1. The van der Waals surface area contributed by atoms with E-state index in [2.05, 4.69) is 15.7 Å². The van der Waals surface area contributed by atoms with Crippen LogP contribution in [0.5, 0.6) is 0 Å². The van der Waals surface area contributed by atoms with Crippen molar-refractivity contribution < 1.29 is 19.4 Å². The van der Waals surface area contributed by atoms with Crippen LogP contribution in [0.25, 0.3) is 0 Å². The molecular weight excluding hydrogens is 252 g/mol. The Morgan fingerprint density at radius 1 is 1.53 bits per heavy atom. The van der Waals surface area contributed by atoms with Crippen LogP contribution >= 0.6 is 0 Å². The minimum absolute atomic E-state index is 0.252. The van der Waals surface area contributed by atoms with Gasteiger partial charge in [0.25, 0.3) is 0 Å². The number of carbonyl (C=O) groups is 2. The summed E-state index contributed by atoms with van der Waals surface area (Å²) in [5.41, 5.74) is -0.0810. The molecule has 8 heteroatoms. The first-order chi connectivity index (χ1) is 8.82. The Morgan fingerprint density at radius 3 is 2.79 bits per heavy atom. The summed E-state index contributed by atoms with van der Waals surface area (Å²) in [5, 5.41) is 17.7. The Balaban J connectivity index is 2.53. The third-order valence-electron chi connectivity index (χ3n) is 2.15. The first kappa shape index (κ1) is 15.0. The number of aliphatic carboxylic acids is 1. The van der Waals surface area contributed by atoms with E-state index in [1.165, 1.54) is 17.1 Å². The zero-order chi connectivity index (χ0) is 14.5. The number of carboxylic acids is 1. The quantitative estimate of drug-likeness (QED) is 0.698. The van der Waals surface area contributed by atoms with Gasteiger partial charge in [-0.1, -0.05) is 0 Å². The van der Waals surface area contributed by atoms with E-state index >= 15 is 0 Å². The zero-order valence-corrected chi connectivity index (χ0v) is 11.1. The average Bonchev–Trinajstić information content (AvgIpc) is 2.62. The maximum atomic E-state index is 11.7. The number of aromatic nitrogens is 2. The highest BCUT2D eigenvalue weighted by molar-refractivity contribution is 5.89. The van der Waals surface area contributed by atoms with Crippen LogP contribution in [-0.2, 0) is 16.1 Å². The van der Waals surface area contributed by atoms with E-state index in [1.54, 1.807) is 7.11 Å². The highest BCUT2D eigenvalue weighted by Crippen LogP contribution is 2.07. The van der Waals surface area contributed by atoms with E-state index < -0.39 is 17.5 Å². The molecule has 0 aliphatic carbocycles. The fourth-order valence-corrected chi connectivity index (χ4v) is 1.52. The van der Waals surface area contributed by atoms with Crippen LogP contribution < -0.4 is 10.6 Å². The number of ether oxygens (including phenoxy) is 1. The fraction of sp³-hybridized carbons (Fsp3) is 0.545. The molecule has 0 bridgehead atoms. The Hall–Kier alpha value is -2.09. The van der Waals surface area contributed by atoms with Gasteiger partial charge in [-0.3, -0.25) is 9.48 Å². The second kappa shape index (κ2) is 6.19. The minimum atomic E-state index is -1.000. The Labute approximate surface area is 110 Å². The second-order valence-electron chi connectivity index (χ2n) is 4.72. The molecule has 1 heterocycles. The van der Waals surface area contributed by atoms with Crippen molar-refractivity contribution in [3.8, 4) is 0 Å². The number of amides is 2. The highest BCUT2D eigenvalue weighted by atomic mass is 16.5. The van der Waals surface area contributed by atoms with Crippen LogP contribution in [0.15, 0.2) is 12.4 Å². The van der Waals surface area contributed by atoms with Gasteiger partial charge in [0, 0.05) is 13.3 Å². The van der Waals surface area contributed by atoms with Crippen molar-refractivity contribution in [2.75, 3.05) is 19.0 Å². The summed E-state index contributed by atoms with van der Waals surface area (Å²) >= 11 is 0. The molecule has 0 aliphatic rings. The predicted octanol–water partition coefficient (Wildman–Crippen LogP) is 0.514. The summed E-state index contributed by atoms with van der Waals surface area (Å²) < 4.78 is 6.20. The SMILES string of the molecule is COCC(C)(C)NC(=O)Nc1cnn(CC(=O)O)c1. The normalized spacial score (nSPS) is 11.1. The third kappa shape index (κ3) is 5.38. The van der Waals surface area contributed by atoms with Gasteiger partial charge in [0.1, 0.15) is 6.54 Å². The molecule has 19 heavy (non-hydrogen) atoms. The number of hydrogen-bond donors (Lipinski definition) is 3. The van der Waals surface area contributed by atoms with E-state index in [0.717, 1.165) is 0 Å². The Kier molecular flexibility index (Phi) is 4.87. The highest BCUT2D eigenvalue weighted by Gasteiger charge is 2.20. The Morgan fingerprint density at radius 2 is 2.21 bits per heavy atom. The molecule has 0 unspecified atom stereocenters. The lowest BCUT2D eigenvalue weighted by molar-refractivity contribution is -0.137. The molecule has 1 aromatic heterocycles. The number of urea groups is 1. The molecule has 0 saturated carbocycles. The largest absolute Gasteiger partial charge is 0.480 e. The number of rotatable bonds is 6. The van der Waals surface area contributed by atoms with Crippen LogP contribution in [0.3, 0.4) is 0 Å². The number of nitrogens with one attached hydrogen (secondary N) is 2. The molecule has 0 saturated heterocycles. The molecule has 0 fully saturated rings. The van der Waals surface area contributed by atoms with E-state index in [4.69, 9.17) is 9.84 Å². The summed E-state index contributed by atoms with van der Waals surface area (Å²) in [7, 11) is 1.55. The van der Waals surface area contributed by atoms with Gasteiger partial charge in [-0.2, -0.15) is 5.10 Å². The fourth-order valence-electron chi connectivity index (χ4n) is 1.52. The molecule has 1 aromatic rings. The number of carbonyl (C=O) groups excluding carboxylic acids is 1. The maximum Gasteiger partial charge on any atom is 0.325 e. The van der Waals surface area contributed by atoms with Gasteiger partial charge in [0.05, 0.1) is 24.0 Å². The second-order valence-corrected chi connectivity index (χ2v) is 4.72. The molecule has 3 N–H and O–H groups in total. The number of nitrogens with zero attached hydrogens (tertiary/aromatic N) is 2. The molecule has 8 nitrogen and oxygen atoms in total. The lowest BCUT2D eigenvalue weighted by Crippen LogP contribution is -2.48. The molecule has 1 rings (SSSR count). The van der Waals surface area contributed by atoms with Crippen molar-refractivity contribution in [3.05, 3.63) is 12.4 Å². The maximum absolute atomic E-state index is 11.7. The van der Waals surface area contributed by atoms with Gasteiger partial charge >= 0.3 is 12.0 Å². The minimum Gasteiger partial charge on any atom is -0.480 e. The van der Waals surface area contributed by atoms with Crippen LogP contribution in [0, 0.1) is 0 Å². The first-order valence-electron chi connectivity index (χ1n) is 5.65. The molecule has 0 atom stereocenters. The number of anilines is 1. The van der Waals surface area contributed by atoms with Gasteiger partial charge in [-0.05, 0) is 13.8 Å². The Bertz CT molecular complexity index is 455. The first-order valence-corrected chi connectivity index (χ1v) is 5.65. The van der Waals surface area contributed by atoms with Gasteiger partial charge in [-0.25, -0.2) is 4.79 Å². The van der Waals surface area contributed by atoms with Gasteiger partial charge in [0.15, 0.2) is 0 Å². The summed E-state index contributed by atoms with van der Waals surface area (Å²) in [5.74, 6) is -1.000. The number of carboxylic acid groups (broad SMARTS) is 1. The van der Waals surface area contributed by atoms with Crippen molar-refractivity contribution >= 4 is 17.7 Å². The van der Waals surface area contributed by atoms with E-state index in [0.29, 0.717) is 12.3 Å². The van der Waals surface area contributed by atoms with E-state index in [1.807, 2.05) is 13.8 Å². The molecule has 106 valence electrons. The van der Waals surface area contributed by atoms with Crippen LogP contribution in [0.1, 0.15) is 13.8 Å². The van der Waals surface area contributed by atoms with Crippen LogP contribution in [0.2, 0.25) is 0 Å². The number of hydrogen-bond acceptors (Lipinski definition) is 4. The molecule has 0 aromatic carbocycles. The van der Waals surface area contributed by atoms with Crippen molar-refractivity contribution in [2.45, 2.75) is 25.9 Å². The topological polar surface area (TPSA) is 105 Å². The van der Waals surface area contributed by atoms with Crippen LogP contribution in [0.4, 0.5) is 10.5 Å². The standard InChI is InChI=1S/C11H18N4O4/c1-11(2,7-19-3)14-10(18)13-8-4-12-15(5-8)6-9(16)17/h4-5H,6-7H2,1-3H3,(H,16,17)(H2,13,14,18). The molecular formula is C11H18N4O4. The van der Waals surface area contributed by atoms with E-state index in [9.17, 15) is 9.59 Å². The van der Waals surface area contributed by atoms with Crippen molar-refractivity contribution in [3.63, 3.8) is 0 Å². The van der Waals surface area contributed by atoms with Crippen molar-refractivity contribution in [2.24, 2.45) is 0 Å². The third-order valence-corrected chi connectivity index (χ3v) is 2.15. The lowest BCUT2D eigenvalue weighted by Gasteiger charge is -2.25. The summed E-state index contributed by atoms with van der Waals surface area (Å²) in [6.45, 7) is 3.77. The van der Waals surface area contributed by atoms with E-state index in [-0.39, 0.29) is 6.54 Å². The monoisotopic (exact) mass is 270 g/mol. The van der Waals surface area contributed by atoms with Crippen molar-refractivity contribution in [1.29, 1.82) is 0 Å². The molecule has 0 aliphatic heterocycles. The predicted molar refractivity (Wildman–Crippen MR) is 68.0 cm³/mol. The smallest absolute Gasteiger partial charge is 0.325 e. The van der Waals surface area contributed by atoms with Gasteiger partial charge < -0.3 is 20.5 Å². The average molecular weight is 270 g/mol. The van der Waals surface area contributed by atoms with Gasteiger partial charge in [-0.15, -0.1) is 0 Å². The number of methoxy groups -OCH3 is 1. The molecule has 2 amide bonds. The zero-order valence-electron chi connectivity index (χ0n) is 11.1. The van der Waals surface area contributed by atoms with Crippen LogP contribution in [-0.4, -0.2) is 46.1 Å². The summed E-state index contributed by atoms with van der Waals surface area (Å²) in [6.07, 6.45) is 2.82. The molecule has 0 radical (unpaired) electrons.